The van der Waals surface area contributed by atoms with Gasteiger partial charge in [0.05, 0.1) is 0 Å². The molecule has 0 aliphatic carbocycles. The van der Waals surface area contributed by atoms with Crippen LogP contribution in [0.1, 0.15) is 0 Å². The van der Waals surface area contributed by atoms with Crippen molar-refractivity contribution in [1.82, 2.24) is 39.9 Å². The zero-order chi connectivity index (χ0) is 31.6. The molecule has 5 heterocycles. The average Bonchev–Trinajstić information content (AvgIpc) is 3.81. The first-order valence-electron chi connectivity index (χ1n) is 14.0. The second-order valence-corrected chi connectivity index (χ2v) is 11.8. The number of nitrogens with zero attached hydrogens (tertiary/aromatic N) is 6. The summed E-state index contributed by atoms with van der Waals surface area (Å²) in [6, 6.07) is 27.6. The summed E-state index contributed by atoms with van der Waals surface area (Å²) in [5.41, 5.74) is 4.68. The summed E-state index contributed by atoms with van der Waals surface area (Å²) < 4.78 is 35.2. The molecule has 11 nitrogen and oxygen atoms in total. The van der Waals surface area contributed by atoms with E-state index in [1.807, 2.05) is 72.8 Å². The Hall–Kier alpha value is -5.03. The topological polar surface area (TPSA) is 163 Å². The van der Waals surface area contributed by atoms with E-state index in [9.17, 15) is 13.0 Å². The van der Waals surface area contributed by atoms with Crippen molar-refractivity contribution in [1.29, 1.82) is 0 Å². The summed E-state index contributed by atoms with van der Waals surface area (Å²) in [5.74, 6) is 1.60. The van der Waals surface area contributed by atoms with E-state index in [4.69, 9.17) is 40.0 Å². The van der Waals surface area contributed by atoms with Crippen LogP contribution in [-0.4, -0.2) is 68.2 Å². The number of halogens is 1. The maximum Gasteiger partial charge on any atom is 0.353 e. The van der Waals surface area contributed by atoms with Gasteiger partial charge in [-0.2, -0.15) is 8.42 Å². The van der Waals surface area contributed by atoms with Crippen molar-refractivity contribution in [3.05, 3.63) is 91.0 Å². The maximum atomic E-state index is 12.5. The first kappa shape index (κ1) is 28.4. The van der Waals surface area contributed by atoms with Crippen LogP contribution in [-0.2, 0) is 10.1 Å². The van der Waals surface area contributed by atoms with Crippen molar-refractivity contribution < 1.29 is 13.0 Å². The van der Waals surface area contributed by atoms with Crippen LogP contribution < -0.4 is 0 Å². The quantitative estimate of drug-likeness (QED) is 0.144. The Balaban J connectivity index is 0.00000153. The largest absolute Gasteiger partial charge is 0.353 e. The van der Waals surface area contributed by atoms with Gasteiger partial charge in [0, 0.05) is 43.8 Å². The summed E-state index contributed by atoms with van der Waals surface area (Å²) in [6.07, 6.45) is 0. The van der Waals surface area contributed by atoms with E-state index >= 15 is 0 Å². The van der Waals surface area contributed by atoms with E-state index < -0.39 is 10.1 Å². The molecule has 2 aliphatic rings. The van der Waals surface area contributed by atoms with E-state index in [-0.39, 0.29) is 15.9 Å². The Bertz CT molecular complexity index is 2670. The van der Waals surface area contributed by atoms with Gasteiger partial charge in [-0.15, -0.1) is 0 Å². The average molecular weight is 659 g/mol. The summed E-state index contributed by atoms with van der Waals surface area (Å²) in [7, 11) is 0.162. The Morgan fingerprint density at radius 3 is 1.33 bits per heavy atom. The standard InChI is InChI=1S/C32H18N8O3S.Al.ClH.2H/c41-44(42,43)23-15-7-14-22-24(23)32-39-30-21-13-6-5-12-20(21)28(37-30)35-26-17-9-2-1-8-16(17)25(33-26)34-27-18-10-3-4-11-19(18)29(36-27)38-31(22)40-32;;;;/h1-15H,(H,41,42,43)(H2,33,34,35,36,37,38,39,40);;1H;;/q;+1;;;/p-1. The molecule has 0 unspecified atom stereocenters. The highest BCUT2D eigenvalue weighted by Gasteiger charge is 2.24. The lowest BCUT2D eigenvalue weighted by molar-refractivity contribution is 0.484. The van der Waals surface area contributed by atoms with Gasteiger partial charge in [0.2, 0.25) is 0 Å². The minimum absolute atomic E-state index is 0.169. The van der Waals surface area contributed by atoms with Gasteiger partial charge in [-0.1, -0.05) is 84.9 Å². The van der Waals surface area contributed by atoms with Gasteiger partial charge in [0.25, 0.3) is 10.1 Å². The number of aromatic amines is 2. The molecule has 46 heavy (non-hydrogen) atoms. The molecule has 3 aromatic heterocycles. The molecule has 14 heteroatoms. The van der Waals surface area contributed by atoms with Crippen LogP contribution in [0.5, 0.6) is 0 Å². The van der Waals surface area contributed by atoms with Crippen molar-refractivity contribution in [2.75, 3.05) is 0 Å². The molecule has 0 atom stereocenters. The molecular weight excluding hydrogens is 639 g/mol. The molecule has 0 saturated heterocycles. The molecule has 7 aromatic rings. The van der Waals surface area contributed by atoms with Crippen LogP contribution in [0.25, 0.3) is 89.7 Å². The number of fused-ring (bicyclic) bond motifs is 20. The van der Waals surface area contributed by atoms with Crippen molar-refractivity contribution >= 4 is 79.7 Å². The number of benzene rings is 4. The van der Waals surface area contributed by atoms with E-state index in [0.717, 1.165) is 48.4 Å². The molecule has 9 rings (SSSR count). The zero-order valence-corrected chi connectivity index (χ0v) is 27.5. The highest BCUT2D eigenvalue weighted by molar-refractivity contribution is 7.86. The van der Waals surface area contributed by atoms with Gasteiger partial charge in [0.1, 0.15) is 27.5 Å². The first-order valence-corrected chi connectivity index (χ1v) is 18.5. The third-order valence-electron chi connectivity index (χ3n) is 7.82. The fourth-order valence-electron chi connectivity index (χ4n) is 5.87. The lowest BCUT2D eigenvalue weighted by atomic mass is 10.1. The SMILES string of the molecule is O=S(=O)(O)c1cccc2c3nc4nc(nc5[nH]c(nc6nc(nc([nH]3)c12)-c1ccccc1-6)c1ccccc51)-c1ccccc1-4.[AlH2][Cl]. The predicted molar refractivity (Wildman–Crippen MR) is 180 cm³/mol. The van der Waals surface area contributed by atoms with Crippen LogP contribution in [0.15, 0.2) is 95.9 Å². The number of aromatic nitrogens is 8. The van der Waals surface area contributed by atoms with Gasteiger partial charge >= 0.3 is 15.4 Å². The molecule has 0 amide bonds. The smallest absolute Gasteiger partial charge is 0.324 e. The van der Waals surface area contributed by atoms with Crippen LogP contribution >= 0.6 is 10.0 Å². The van der Waals surface area contributed by atoms with Gasteiger partial charge < -0.3 is 9.97 Å². The lowest BCUT2D eigenvalue weighted by Crippen LogP contribution is -1.98. The molecule has 4 aromatic carbocycles. The first-order chi connectivity index (χ1) is 22.4. The number of H-pyrrole nitrogens is 2. The number of nitrogens with one attached hydrogen (secondary N) is 2. The van der Waals surface area contributed by atoms with Crippen molar-refractivity contribution in [3.8, 4) is 45.6 Å². The molecule has 0 saturated carbocycles. The molecule has 0 fully saturated rings. The third kappa shape index (κ3) is 4.48. The van der Waals surface area contributed by atoms with Gasteiger partial charge in [-0.25, -0.2) is 29.9 Å². The highest BCUT2D eigenvalue weighted by Crippen LogP contribution is 2.37. The van der Waals surface area contributed by atoms with E-state index in [1.54, 1.807) is 12.1 Å². The molecular formula is C32H20AlClN8O3S. The number of rotatable bonds is 1. The molecule has 222 valence electrons. The molecule has 3 N–H and O–H groups in total. The van der Waals surface area contributed by atoms with E-state index in [0.29, 0.717) is 45.6 Å². The molecule has 0 radical (unpaired) electrons. The molecule has 0 spiro atoms. The Morgan fingerprint density at radius 1 is 0.500 bits per heavy atom. The third-order valence-corrected chi connectivity index (χ3v) is 8.72. The van der Waals surface area contributed by atoms with Crippen molar-refractivity contribution in [2.45, 2.75) is 4.90 Å². The summed E-state index contributed by atoms with van der Waals surface area (Å²) >= 11 is 0.778. The highest BCUT2D eigenvalue weighted by atomic mass is 35.6. The fourth-order valence-corrected chi connectivity index (χ4v) is 6.59. The van der Waals surface area contributed by atoms with Crippen LogP contribution in [0, 0.1) is 0 Å². The normalized spacial score (nSPS) is 12.0. The van der Waals surface area contributed by atoms with Crippen molar-refractivity contribution in [2.24, 2.45) is 0 Å². The summed E-state index contributed by atoms with van der Waals surface area (Å²) in [5, 5.41) is 2.36. The zero-order valence-electron chi connectivity index (χ0n) is 23.9. The number of hydrogen-bond donors (Lipinski definition) is 3. The van der Waals surface area contributed by atoms with Crippen LogP contribution in [0.2, 0.25) is 0 Å². The van der Waals surface area contributed by atoms with Gasteiger partial charge in [-0.3, -0.25) is 14.6 Å². The maximum absolute atomic E-state index is 12.5. The van der Waals surface area contributed by atoms with Crippen molar-refractivity contribution in [3.63, 3.8) is 0 Å². The summed E-state index contributed by atoms with van der Waals surface area (Å²) in [4.78, 5) is 35.4. The Kier molecular flexibility index (Phi) is 6.68. The lowest BCUT2D eigenvalue weighted by Gasteiger charge is -1.99. The monoisotopic (exact) mass is 658 g/mol. The minimum atomic E-state index is -4.62. The van der Waals surface area contributed by atoms with Gasteiger partial charge in [0.15, 0.2) is 23.3 Å². The van der Waals surface area contributed by atoms with E-state index in [2.05, 4.69) is 9.97 Å². The second-order valence-electron chi connectivity index (χ2n) is 10.4. The van der Waals surface area contributed by atoms with E-state index in [1.165, 1.54) is 6.07 Å². The fraction of sp³-hybridized carbons (Fsp3) is 0. The molecule has 8 bridgehead atoms. The number of hydrogen-bond acceptors (Lipinski definition) is 8. The van der Waals surface area contributed by atoms with Crippen LogP contribution in [0.3, 0.4) is 0 Å². The molecule has 2 aliphatic heterocycles. The van der Waals surface area contributed by atoms with Gasteiger partial charge in [-0.05, 0) is 6.07 Å². The Morgan fingerprint density at radius 2 is 0.870 bits per heavy atom. The second kappa shape index (κ2) is 10.8. The Labute approximate surface area is 272 Å². The minimum Gasteiger partial charge on any atom is -0.324 e. The predicted octanol–water partition coefficient (Wildman–Crippen LogP) is 5.89. The summed E-state index contributed by atoms with van der Waals surface area (Å²) in [6.45, 7) is 0. The van der Waals surface area contributed by atoms with Crippen LogP contribution in [0.4, 0.5) is 0 Å².